The number of esters is 1. The Bertz CT molecular complexity index is 1210. The van der Waals surface area contributed by atoms with Gasteiger partial charge in [0.15, 0.2) is 6.61 Å². The molecule has 10 heteroatoms. The van der Waals surface area contributed by atoms with Gasteiger partial charge < -0.3 is 25.4 Å². The van der Waals surface area contributed by atoms with Gasteiger partial charge in [0, 0.05) is 35.4 Å². The van der Waals surface area contributed by atoms with Gasteiger partial charge >= 0.3 is 5.97 Å². The highest BCUT2D eigenvalue weighted by atomic mass is 35.5. The lowest BCUT2D eigenvalue weighted by Crippen LogP contribution is -2.21. The number of nitrogens with one attached hydrogen (secondary N) is 3. The molecule has 36 heavy (non-hydrogen) atoms. The van der Waals surface area contributed by atoms with E-state index in [-0.39, 0.29) is 24.7 Å². The molecule has 0 fully saturated rings. The fraction of sp³-hybridized carbons (Fsp3) is 0.154. The van der Waals surface area contributed by atoms with Crippen molar-refractivity contribution in [3.8, 4) is 11.5 Å². The van der Waals surface area contributed by atoms with E-state index >= 15 is 0 Å². The lowest BCUT2D eigenvalue weighted by molar-refractivity contribution is -0.147. The van der Waals surface area contributed by atoms with Crippen LogP contribution in [0.25, 0.3) is 0 Å². The van der Waals surface area contributed by atoms with Gasteiger partial charge in [0.25, 0.3) is 5.91 Å². The Hall–Kier alpha value is -4.37. The lowest BCUT2D eigenvalue weighted by Gasteiger charge is -2.09. The third kappa shape index (κ3) is 9.11. The first-order valence-electron chi connectivity index (χ1n) is 10.9. The van der Waals surface area contributed by atoms with Gasteiger partial charge in [-0.25, -0.2) is 0 Å². The standard InChI is InChI=1S/C26H24ClN3O6/c1-17(31)28-19-4-6-20(7-5-19)30-25(33)16-35-26(34)15-14-24(32)29-21-8-12-23(13-9-21)36-22-10-2-18(27)3-11-22/h2-13H,14-16H2,1H3,(H,28,31)(H,29,32)(H,30,33). The maximum atomic E-state index is 12.1. The summed E-state index contributed by atoms with van der Waals surface area (Å²) in [6.07, 6.45) is -0.281. The van der Waals surface area contributed by atoms with Crippen LogP contribution in [0.1, 0.15) is 19.8 Å². The van der Waals surface area contributed by atoms with Crippen molar-refractivity contribution in [3.05, 3.63) is 77.8 Å². The molecular formula is C26H24ClN3O6. The zero-order valence-electron chi connectivity index (χ0n) is 19.4. The zero-order chi connectivity index (χ0) is 25.9. The molecule has 9 nitrogen and oxygen atoms in total. The van der Waals surface area contributed by atoms with Crippen LogP contribution in [-0.4, -0.2) is 30.3 Å². The molecule has 0 atom stereocenters. The van der Waals surface area contributed by atoms with Crippen molar-refractivity contribution in [2.75, 3.05) is 22.6 Å². The van der Waals surface area contributed by atoms with E-state index in [1.54, 1.807) is 72.8 Å². The minimum Gasteiger partial charge on any atom is -0.457 e. The van der Waals surface area contributed by atoms with Crippen LogP contribution in [0.5, 0.6) is 11.5 Å². The Morgan fingerprint density at radius 1 is 0.667 bits per heavy atom. The van der Waals surface area contributed by atoms with Crippen LogP contribution in [0.2, 0.25) is 5.02 Å². The van der Waals surface area contributed by atoms with Gasteiger partial charge in [-0.05, 0) is 72.8 Å². The minimum absolute atomic E-state index is 0.103. The number of carbonyl (C=O) groups is 4. The molecule has 3 aromatic carbocycles. The molecule has 0 saturated heterocycles. The molecule has 186 valence electrons. The van der Waals surface area contributed by atoms with Crippen molar-refractivity contribution < 1.29 is 28.7 Å². The van der Waals surface area contributed by atoms with Crippen LogP contribution in [0.15, 0.2) is 72.8 Å². The number of halogens is 1. The predicted octanol–water partition coefficient (Wildman–Crippen LogP) is 4.99. The highest BCUT2D eigenvalue weighted by Gasteiger charge is 2.11. The van der Waals surface area contributed by atoms with E-state index in [1.807, 2.05) is 0 Å². The molecule has 0 unspecified atom stereocenters. The number of benzene rings is 3. The minimum atomic E-state index is -0.673. The first kappa shape index (κ1) is 26.2. The van der Waals surface area contributed by atoms with Crippen LogP contribution >= 0.6 is 11.6 Å². The molecule has 3 amide bonds. The number of carbonyl (C=O) groups excluding carboxylic acids is 4. The largest absolute Gasteiger partial charge is 0.457 e. The normalized spacial score (nSPS) is 10.2. The van der Waals surface area contributed by atoms with Crippen LogP contribution in [-0.2, 0) is 23.9 Å². The van der Waals surface area contributed by atoms with Gasteiger partial charge in [-0.2, -0.15) is 0 Å². The molecule has 0 aliphatic rings. The van der Waals surface area contributed by atoms with E-state index in [0.29, 0.717) is 33.6 Å². The average molecular weight is 510 g/mol. The Kier molecular flexibility index (Phi) is 9.41. The Morgan fingerprint density at radius 2 is 1.14 bits per heavy atom. The molecular weight excluding hydrogens is 486 g/mol. The van der Waals surface area contributed by atoms with Crippen LogP contribution in [0.4, 0.5) is 17.1 Å². The highest BCUT2D eigenvalue weighted by Crippen LogP contribution is 2.24. The molecule has 3 aromatic rings. The highest BCUT2D eigenvalue weighted by molar-refractivity contribution is 6.30. The van der Waals surface area contributed by atoms with E-state index in [0.717, 1.165) is 0 Å². The first-order valence-corrected chi connectivity index (χ1v) is 11.3. The van der Waals surface area contributed by atoms with Crippen molar-refractivity contribution >= 4 is 52.4 Å². The van der Waals surface area contributed by atoms with E-state index in [1.165, 1.54) is 6.92 Å². The van der Waals surface area contributed by atoms with Gasteiger partial charge in [0.2, 0.25) is 11.8 Å². The van der Waals surface area contributed by atoms with Gasteiger partial charge in [-0.15, -0.1) is 0 Å². The number of rotatable bonds is 10. The van der Waals surface area contributed by atoms with Crippen molar-refractivity contribution in [1.29, 1.82) is 0 Å². The lowest BCUT2D eigenvalue weighted by atomic mass is 10.2. The number of anilines is 3. The molecule has 0 saturated carbocycles. The van der Waals surface area contributed by atoms with E-state index in [4.69, 9.17) is 21.1 Å². The second kappa shape index (κ2) is 12.9. The Balaban J connectivity index is 1.34. The summed E-state index contributed by atoms with van der Waals surface area (Å²) >= 11 is 5.85. The molecule has 0 aromatic heterocycles. The number of amides is 3. The maximum absolute atomic E-state index is 12.1. The molecule has 0 spiro atoms. The average Bonchev–Trinajstić information content (AvgIpc) is 2.85. The summed E-state index contributed by atoms with van der Waals surface area (Å²) in [5, 5.41) is 8.48. The summed E-state index contributed by atoms with van der Waals surface area (Å²) in [7, 11) is 0. The van der Waals surface area contributed by atoms with Gasteiger partial charge in [0.05, 0.1) is 6.42 Å². The molecule has 3 rings (SSSR count). The van der Waals surface area contributed by atoms with Gasteiger partial charge in [0.1, 0.15) is 11.5 Å². The molecule has 3 N–H and O–H groups in total. The summed E-state index contributed by atoms with van der Waals surface area (Å²) in [4.78, 5) is 47.0. The van der Waals surface area contributed by atoms with E-state index in [9.17, 15) is 19.2 Å². The van der Waals surface area contributed by atoms with Crippen molar-refractivity contribution in [2.24, 2.45) is 0 Å². The van der Waals surface area contributed by atoms with Crippen molar-refractivity contribution in [3.63, 3.8) is 0 Å². The second-order valence-electron chi connectivity index (χ2n) is 7.60. The summed E-state index contributed by atoms with van der Waals surface area (Å²) in [6.45, 7) is 0.911. The molecule has 0 radical (unpaired) electrons. The van der Waals surface area contributed by atoms with Crippen molar-refractivity contribution in [1.82, 2.24) is 0 Å². The Morgan fingerprint density at radius 3 is 1.69 bits per heavy atom. The maximum Gasteiger partial charge on any atom is 0.306 e. The van der Waals surface area contributed by atoms with Crippen LogP contribution < -0.4 is 20.7 Å². The van der Waals surface area contributed by atoms with E-state index in [2.05, 4.69) is 16.0 Å². The smallest absolute Gasteiger partial charge is 0.306 e. The number of hydrogen-bond acceptors (Lipinski definition) is 6. The topological polar surface area (TPSA) is 123 Å². The molecule has 0 heterocycles. The zero-order valence-corrected chi connectivity index (χ0v) is 20.1. The van der Waals surface area contributed by atoms with Crippen LogP contribution in [0, 0.1) is 0 Å². The predicted molar refractivity (Wildman–Crippen MR) is 136 cm³/mol. The third-order valence-electron chi connectivity index (χ3n) is 4.60. The number of ether oxygens (including phenoxy) is 2. The fourth-order valence-corrected chi connectivity index (χ4v) is 3.07. The molecule has 0 aliphatic carbocycles. The summed E-state index contributed by atoms with van der Waals surface area (Å²) in [5.41, 5.74) is 1.61. The van der Waals surface area contributed by atoms with Gasteiger partial charge in [-0.3, -0.25) is 19.2 Å². The second-order valence-corrected chi connectivity index (χ2v) is 8.03. The van der Waals surface area contributed by atoms with Crippen LogP contribution in [0.3, 0.4) is 0 Å². The first-order chi connectivity index (χ1) is 17.3. The van der Waals surface area contributed by atoms with Crippen molar-refractivity contribution in [2.45, 2.75) is 19.8 Å². The summed E-state index contributed by atoms with van der Waals surface area (Å²) < 4.78 is 10.6. The Labute approximate surface area is 212 Å². The van der Waals surface area contributed by atoms with Gasteiger partial charge in [-0.1, -0.05) is 11.6 Å². The van der Waals surface area contributed by atoms with E-state index < -0.39 is 18.5 Å². The number of hydrogen-bond donors (Lipinski definition) is 3. The monoisotopic (exact) mass is 509 g/mol. The fourth-order valence-electron chi connectivity index (χ4n) is 2.94. The molecule has 0 aliphatic heterocycles. The summed E-state index contributed by atoms with van der Waals surface area (Å²) in [5.74, 6) is -0.565. The summed E-state index contributed by atoms with van der Waals surface area (Å²) in [6, 6.07) is 20.1. The quantitative estimate of drug-likeness (QED) is 0.331. The molecule has 0 bridgehead atoms. The third-order valence-corrected chi connectivity index (χ3v) is 4.85. The SMILES string of the molecule is CC(=O)Nc1ccc(NC(=O)COC(=O)CCC(=O)Nc2ccc(Oc3ccc(Cl)cc3)cc2)cc1.